The van der Waals surface area contributed by atoms with E-state index in [0.717, 1.165) is 92.3 Å². The van der Waals surface area contributed by atoms with Crippen LogP contribution in [-0.2, 0) is 4.79 Å². The number of ether oxygens (including phenoxy) is 1. The van der Waals surface area contributed by atoms with Crippen molar-refractivity contribution in [1.29, 1.82) is 0 Å². The van der Waals surface area contributed by atoms with Crippen LogP contribution in [0.3, 0.4) is 0 Å². The summed E-state index contributed by atoms with van der Waals surface area (Å²) in [5, 5.41) is 3.51. The molecule has 1 heterocycles. The number of ketones is 2. The largest absolute Gasteiger partial charge is 0.490 e. The van der Waals surface area contributed by atoms with Crippen molar-refractivity contribution >= 4 is 11.6 Å². The van der Waals surface area contributed by atoms with Gasteiger partial charge >= 0.3 is 0 Å². The van der Waals surface area contributed by atoms with Crippen molar-refractivity contribution in [3.05, 3.63) is 53.3 Å². The van der Waals surface area contributed by atoms with Crippen LogP contribution in [0.2, 0.25) is 0 Å². The highest BCUT2D eigenvalue weighted by molar-refractivity contribution is 6.00. The average Bonchev–Trinajstić information content (AvgIpc) is 3.59. The number of nitrogens with one attached hydrogen (secondary N) is 1. The molecule has 5 heteroatoms. The molecule has 0 bridgehead atoms. The summed E-state index contributed by atoms with van der Waals surface area (Å²) in [5.41, 5.74) is 3.75. The Labute approximate surface area is 244 Å². The molecule has 1 unspecified atom stereocenters. The standard InChI is InChI=1S/C26H29FO2.C10H17NO/c27-23-13-5-12-21(25(23)17-6-3-7-17)22-16-19(26(28)18-8-4-9-18)14-15-24(22)29-20-10-1-2-11-20;1-2-9(12)8-6-10(11-7-8)4-3-5-10/h5,12-18,20H,1-4,6-11H2;8,11H,2-7H2,1H3. The molecule has 2 aromatic carbocycles. The number of Topliss-reactive ketones (excluding diaryl/α,β-unsaturated/α-hetero) is 2. The quantitative estimate of drug-likeness (QED) is 0.329. The summed E-state index contributed by atoms with van der Waals surface area (Å²) < 4.78 is 21.3. The van der Waals surface area contributed by atoms with Gasteiger partial charge in [-0.05, 0) is 118 Å². The van der Waals surface area contributed by atoms with E-state index in [2.05, 4.69) is 5.32 Å². The molecule has 0 radical (unpaired) electrons. The monoisotopic (exact) mass is 559 g/mol. The molecule has 1 aliphatic heterocycles. The minimum absolute atomic E-state index is 0.130. The molecule has 4 aliphatic carbocycles. The van der Waals surface area contributed by atoms with E-state index >= 15 is 0 Å². The van der Waals surface area contributed by atoms with Gasteiger partial charge in [-0.15, -0.1) is 0 Å². The lowest BCUT2D eigenvalue weighted by atomic mass is 9.74. The van der Waals surface area contributed by atoms with E-state index in [0.29, 0.717) is 23.7 Å². The first kappa shape index (κ1) is 28.6. The average molecular weight is 560 g/mol. The molecule has 5 aliphatic rings. The molecular formula is C36H46FNO3. The molecule has 41 heavy (non-hydrogen) atoms. The first-order chi connectivity index (χ1) is 20.0. The van der Waals surface area contributed by atoms with Crippen molar-refractivity contribution in [2.24, 2.45) is 11.8 Å². The molecule has 5 fully saturated rings. The summed E-state index contributed by atoms with van der Waals surface area (Å²) in [5.74, 6) is 2.11. The Morgan fingerprint density at radius 1 is 0.902 bits per heavy atom. The van der Waals surface area contributed by atoms with Gasteiger partial charge in [0.1, 0.15) is 17.3 Å². The molecule has 7 rings (SSSR count). The lowest BCUT2D eigenvalue weighted by Gasteiger charge is -2.38. The number of hydrogen-bond acceptors (Lipinski definition) is 4. The van der Waals surface area contributed by atoms with Gasteiger partial charge in [0.2, 0.25) is 0 Å². The second-order valence-electron chi connectivity index (χ2n) is 13.3. The van der Waals surface area contributed by atoms with E-state index in [1.807, 2.05) is 31.2 Å². The third-order valence-electron chi connectivity index (χ3n) is 10.7. The maximum atomic E-state index is 14.9. The van der Waals surface area contributed by atoms with Crippen molar-refractivity contribution in [1.82, 2.24) is 5.32 Å². The van der Waals surface area contributed by atoms with Crippen LogP contribution in [-0.4, -0.2) is 29.8 Å². The van der Waals surface area contributed by atoms with Gasteiger partial charge < -0.3 is 10.1 Å². The zero-order valence-electron chi connectivity index (χ0n) is 24.7. The van der Waals surface area contributed by atoms with Crippen molar-refractivity contribution < 1.29 is 18.7 Å². The second-order valence-corrected chi connectivity index (χ2v) is 13.3. The summed E-state index contributed by atoms with van der Waals surface area (Å²) >= 11 is 0. The van der Waals surface area contributed by atoms with E-state index in [9.17, 15) is 14.0 Å². The minimum Gasteiger partial charge on any atom is -0.490 e. The zero-order chi connectivity index (χ0) is 28.4. The van der Waals surface area contributed by atoms with E-state index in [-0.39, 0.29) is 29.5 Å². The summed E-state index contributed by atoms with van der Waals surface area (Å²) in [7, 11) is 0. The Morgan fingerprint density at radius 2 is 1.66 bits per heavy atom. The molecule has 1 spiro atoms. The zero-order valence-corrected chi connectivity index (χ0v) is 24.7. The number of carbonyl (C=O) groups excluding carboxylic acids is 2. The maximum absolute atomic E-state index is 14.9. The lowest BCUT2D eigenvalue weighted by Crippen LogP contribution is -2.45. The molecular weight excluding hydrogens is 513 g/mol. The topological polar surface area (TPSA) is 55.4 Å². The Hall–Kier alpha value is -2.53. The van der Waals surface area contributed by atoms with Gasteiger partial charge in [-0.25, -0.2) is 4.39 Å². The maximum Gasteiger partial charge on any atom is 0.165 e. The molecule has 220 valence electrons. The summed E-state index contributed by atoms with van der Waals surface area (Å²) in [6, 6.07) is 11.2. The Morgan fingerprint density at radius 3 is 2.24 bits per heavy atom. The molecule has 4 nitrogen and oxygen atoms in total. The van der Waals surface area contributed by atoms with Crippen LogP contribution < -0.4 is 10.1 Å². The fourth-order valence-electron chi connectivity index (χ4n) is 7.43. The van der Waals surface area contributed by atoms with Gasteiger partial charge in [0, 0.05) is 41.5 Å². The third kappa shape index (κ3) is 6.02. The molecule has 4 saturated carbocycles. The van der Waals surface area contributed by atoms with Gasteiger partial charge in [-0.2, -0.15) is 0 Å². The van der Waals surface area contributed by atoms with Crippen LogP contribution in [0.15, 0.2) is 36.4 Å². The van der Waals surface area contributed by atoms with Crippen molar-refractivity contribution in [3.8, 4) is 16.9 Å². The first-order valence-electron chi connectivity index (χ1n) is 16.4. The van der Waals surface area contributed by atoms with Gasteiger partial charge in [0.25, 0.3) is 0 Å². The second kappa shape index (κ2) is 12.4. The van der Waals surface area contributed by atoms with Gasteiger partial charge in [0.15, 0.2) is 5.78 Å². The van der Waals surface area contributed by atoms with E-state index in [1.165, 1.54) is 32.1 Å². The van der Waals surface area contributed by atoms with E-state index < -0.39 is 0 Å². The van der Waals surface area contributed by atoms with E-state index in [4.69, 9.17) is 4.74 Å². The van der Waals surface area contributed by atoms with Crippen molar-refractivity contribution in [2.45, 2.75) is 121 Å². The predicted octanol–water partition coefficient (Wildman–Crippen LogP) is 8.56. The summed E-state index contributed by atoms with van der Waals surface area (Å²) in [4.78, 5) is 24.3. The van der Waals surface area contributed by atoms with Gasteiger partial charge in [-0.3, -0.25) is 9.59 Å². The van der Waals surface area contributed by atoms with Crippen molar-refractivity contribution in [3.63, 3.8) is 0 Å². The molecule has 2 aromatic rings. The SMILES string of the molecule is CCC(=O)C1CNC2(CCC2)C1.O=C(c1ccc(OC2CCCC2)c(-c2cccc(F)c2C2CCC2)c1)C1CCC1. The van der Waals surface area contributed by atoms with Crippen LogP contribution in [0.5, 0.6) is 5.75 Å². The molecule has 1 saturated heterocycles. The van der Waals surface area contributed by atoms with Crippen LogP contribution in [0, 0.1) is 17.7 Å². The highest BCUT2D eigenvalue weighted by atomic mass is 19.1. The number of halogens is 1. The lowest BCUT2D eigenvalue weighted by molar-refractivity contribution is -0.122. The number of benzene rings is 2. The summed E-state index contributed by atoms with van der Waals surface area (Å²) in [6.07, 6.45) is 16.9. The smallest absolute Gasteiger partial charge is 0.165 e. The first-order valence-corrected chi connectivity index (χ1v) is 16.4. The molecule has 1 N–H and O–H groups in total. The normalized spacial score (nSPS) is 23.7. The predicted molar refractivity (Wildman–Crippen MR) is 161 cm³/mol. The van der Waals surface area contributed by atoms with Crippen molar-refractivity contribution in [2.75, 3.05) is 6.54 Å². The number of carbonyl (C=O) groups is 2. The van der Waals surface area contributed by atoms with Gasteiger partial charge in [-0.1, -0.05) is 31.9 Å². The molecule has 0 aromatic heterocycles. The van der Waals surface area contributed by atoms with Crippen LogP contribution in [0.4, 0.5) is 4.39 Å². The fourth-order valence-corrected chi connectivity index (χ4v) is 7.43. The number of rotatable bonds is 8. The Bertz CT molecular complexity index is 1250. The van der Waals surface area contributed by atoms with E-state index in [1.54, 1.807) is 12.1 Å². The Balaban J connectivity index is 0.000000210. The number of hydrogen-bond donors (Lipinski definition) is 1. The third-order valence-corrected chi connectivity index (χ3v) is 10.7. The molecule has 0 amide bonds. The van der Waals surface area contributed by atoms with Crippen LogP contribution in [0.25, 0.3) is 11.1 Å². The fraction of sp³-hybridized carbons (Fsp3) is 0.611. The highest BCUT2D eigenvalue weighted by Crippen LogP contribution is 2.46. The summed E-state index contributed by atoms with van der Waals surface area (Å²) in [6.45, 7) is 2.90. The van der Waals surface area contributed by atoms with Crippen LogP contribution >= 0.6 is 0 Å². The molecule has 1 atom stereocenters. The Kier molecular flexibility index (Phi) is 8.62. The highest BCUT2D eigenvalue weighted by Gasteiger charge is 2.44. The van der Waals surface area contributed by atoms with Gasteiger partial charge in [0.05, 0.1) is 6.10 Å². The van der Waals surface area contributed by atoms with Crippen LogP contribution in [0.1, 0.15) is 125 Å². The minimum atomic E-state index is -0.130.